The number of aromatic nitrogens is 1. The van der Waals surface area contributed by atoms with Crippen molar-refractivity contribution in [2.45, 2.75) is 19.8 Å². The maximum Gasteiger partial charge on any atom is 0.244 e. The monoisotopic (exact) mass is 463 g/mol. The van der Waals surface area contributed by atoms with Gasteiger partial charge in [-0.25, -0.2) is 9.37 Å². The van der Waals surface area contributed by atoms with E-state index in [1.807, 2.05) is 0 Å². The summed E-state index contributed by atoms with van der Waals surface area (Å²) in [5.74, 6) is -0.0826. The maximum absolute atomic E-state index is 13.0. The van der Waals surface area contributed by atoms with E-state index < -0.39 is 5.91 Å². The third kappa shape index (κ3) is 6.06. The molecule has 1 heterocycles. The Morgan fingerprint density at radius 3 is 2.45 bits per heavy atom. The van der Waals surface area contributed by atoms with Crippen LogP contribution in [0.25, 0.3) is 11.3 Å². The standard InChI is InChI=1S/C22H20Cl2FN3O3/c1-2-28(13-19(29)27-22-16(23)4-3-5-17(22)24)21(30)11-10-20-26-12-18(31-20)14-6-8-15(25)9-7-14/h3-9,12H,2,10-11,13H2,1H3,(H,27,29). The van der Waals surface area contributed by atoms with Gasteiger partial charge in [-0.15, -0.1) is 0 Å². The van der Waals surface area contributed by atoms with Gasteiger partial charge in [-0.1, -0.05) is 29.3 Å². The van der Waals surface area contributed by atoms with Crippen LogP contribution in [0.15, 0.2) is 53.1 Å². The Balaban J connectivity index is 1.55. The fourth-order valence-electron chi connectivity index (χ4n) is 2.89. The van der Waals surface area contributed by atoms with Gasteiger partial charge in [0.2, 0.25) is 11.8 Å². The summed E-state index contributed by atoms with van der Waals surface area (Å²) in [6.45, 7) is 2.00. The van der Waals surface area contributed by atoms with Gasteiger partial charge in [0.15, 0.2) is 11.7 Å². The molecule has 0 aliphatic heterocycles. The number of amides is 2. The summed E-state index contributed by atoms with van der Waals surface area (Å²) < 4.78 is 18.7. The Morgan fingerprint density at radius 2 is 1.81 bits per heavy atom. The second-order valence-corrected chi connectivity index (χ2v) is 7.49. The van der Waals surface area contributed by atoms with Gasteiger partial charge in [0.05, 0.1) is 28.5 Å². The predicted octanol–water partition coefficient (Wildman–Crippen LogP) is 5.21. The van der Waals surface area contributed by atoms with Crippen LogP contribution in [0.2, 0.25) is 10.0 Å². The van der Waals surface area contributed by atoms with Crippen LogP contribution in [-0.2, 0) is 16.0 Å². The number of para-hydroxylation sites is 1. The fourth-order valence-corrected chi connectivity index (χ4v) is 3.38. The quantitative estimate of drug-likeness (QED) is 0.497. The number of nitrogens with zero attached hydrogens (tertiary/aromatic N) is 2. The van der Waals surface area contributed by atoms with E-state index in [9.17, 15) is 14.0 Å². The number of anilines is 1. The number of carbonyl (C=O) groups is 2. The van der Waals surface area contributed by atoms with Gasteiger partial charge in [0, 0.05) is 24.9 Å². The lowest BCUT2D eigenvalue weighted by atomic mass is 10.2. The number of benzene rings is 2. The van der Waals surface area contributed by atoms with Gasteiger partial charge in [-0.3, -0.25) is 9.59 Å². The van der Waals surface area contributed by atoms with Crippen molar-refractivity contribution >= 4 is 40.7 Å². The molecule has 0 unspecified atom stereocenters. The first-order valence-corrected chi connectivity index (χ1v) is 10.3. The third-order valence-corrected chi connectivity index (χ3v) is 5.16. The van der Waals surface area contributed by atoms with Gasteiger partial charge in [0.25, 0.3) is 0 Å². The highest BCUT2D eigenvalue weighted by Gasteiger charge is 2.18. The Morgan fingerprint density at radius 1 is 1.13 bits per heavy atom. The number of hydrogen-bond donors (Lipinski definition) is 1. The summed E-state index contributed by atoms with van der Waals surface area (Å²) in [6.07, 6.45) is 1.93. The van der Waals surface area contributed by atoms with Crippen molar-refractivity contribution in [3.05, 3.63) is 70.4 Å². The van der Waals surface area contributed by atoms with Crippen LogP contribution in [0.4, 0.5) is 10.1 Å². The van der Waals surface area contributed by atoms with E-state index in [1.54, 1.807) is 37.3 Å². The van der Waals surface area contributed by atoms with Crippen LogP contribution >= 0.6 is 23.2 Å². The second kappa shape index (κ2) is 10.4. The van der Waals surface area contributed by atoms with Gasteiger partial charge >= 0.3 is 0 Å². The van der Waals surface area contributed by atoms with E-state index >= 15 is 0 Å². The number of halogens is 3. The lowest BCUT2D eigenvalue weighted by Crippen LogP contribution is -2.38. The van der Waals surface area contributed by atoms with Crippen molar-refractivity contribution in [2.75, 3.05) is 18.4 Å². The van der Waals surface area contributed by atoms with Gasteiger partial charge in [-0.05, 0) is 43.3 Å². The zero-order valence-electron chi connectivity index (χ0n) is 16.7. The van der Waals surface area contributed by atoms with E-state index in [2.05, 4.69) is 10.3 Å². The summed E-state index contributed by atoms with van der Waals surface area (Å²) in [6, 6.07) is 10.8. The molecule has 31 heavy (non-hydrogen) atoms. The minimum atomic E-state index is -0.403. The fraction of sp³-hybridized carbons (Fsp3) is 0.227. The summed E-state index contributed by atoms with van der Waals surface area (Å²) in [4.78, 5) is 30.5. The van der Waals surface area contributed by atoms with Crippen LogP contribution in [0.3, 0.4) is 0 Å². The zero-order valence-corrected chi connectivity index (χ0v) is 18.2. The lowest BCUT2D eigenvalue weighted by molar-refractivity contribution is -0.134. The average molecular weight is 464 g/mol. The molecule has 0 aliphatic carbocycles. The van der Waals surface area contributed by atoms with Crippen LogP contribution in [0.1, 0.15) is 19.2 Å². The zero-order chi connectivity index (χ0) is 22.4. The second-order valence-electron chi connectivity index (χ2n) is 6.68. The van der Waals surface area contributed by atoms with Crippen molar-refractivity contribution in [3.63, 3.8) is 0 Å². The van der Waals surface area contributed by atoms with E-state index in [-0.39, 0.29) is 31.1 Å². The Hall–Kier alpha value is -2.90. The molecule has 2 aromatic carbocycles. The Labute approximate surface area is 189 Å². The van der Waals surface area contributed by atoms with Crippen molar-refractivity contribution in [1.82, 2.24) is 9.88 Å². The molecule has 0 radical (unpaired) electrons. The van der Waals surface area contributed by atoms with Crippen LogP contribution in [-0.4, -0.2) is 34.8 Å². The van der Waals surface area contributed by atoms with Crippen LogP contribution in [0, 0.1) is 5.82 Å². The SMILES string of the molecule is CCN(CC(=O)Nc1c(Cl)cccc1Cl)C(=O)CCc1ncc(-c2ccc(F)cc2)o1. The largest absolute Gasteiger partial charge is 0.441 e. The smallest absolute Gasteiger partial charge is 0.244 e. The lowest BCUT2D eigenvalue weighted by Gasteiger charge is -2.20. The topological polar surface area (TPSA) is 75.4 Å². The first-order chi connectivity index (χ1) is 14.9. The molecule has 2 amide bonds. The number of aryl methyl sites for hydroxylation is 1. The molecular formula is C22H20Cl2FN3O3. The molecule has 9 heteroatoms. The number of rotatable bonds is 8. The molecule has 6 nitrogen and oxygen atoms in total. The molecule has 0 bridgehead atoms. The summed E-state index contributed by atoms with van der Waals surface area (Å²) in [5, 5.41) is 3.27. The first-order valence-electron chi connectivity index (χ1n) is 9.59. The maximum atomic E-state index is 13.0. The third-order valence-electron chi connectivity index (χ3n) is 4.53. The predicted molar refractivity (Wildman–Crippen MR) is 118 cm³/mol. The van der Waals surface area contributed by atoms with Crippen molar-refractivity contribution in [2.24, 2.45) is 0 Å². The summed E-state index contributed by atoms with van der Waals surface area (Å²) >= 11 is 12.1. The molecule has 3 rings (SSSR count). The number of carbonyl (C=O) groups excluding carboxylic acids is 2. The highest BCUT2D eigenvalue weighted by atomic mass is 35.5. The molecule has 0 saturated carbocycles. The Bertz CT molecular complexity index is 1050. The molecule has 1 aromatic heterocycles. The number of oxazole rings is 1. The Kier molecular flexibility index (Phi) is 7.65. The molecule has 0 spiro atoms. The number of nitrogens with one attached hydrogen (secondary N) is 1. The van der Waals surface area contributed by atoms with Crippen molar-refractivity contribution in [3.8, 4) is 11.3 Å². The molecule has 3 aromatic rings. The highest BCUT2D eigenvalue weighted by molar-refractivity contribution is 6.39. The minimum Gasteiger partial charge on any atom is -0.441 e. The number of hydrogen-bond acceptors (Lipinski definition) is 4. The summed E-state index contributed by atoms with van der Waals surface area (Å²) in [5.41, 5.74) is 1.00. The molecule has 0 fully saturated rings. The van der Waals surface area contributed by atoms with Crippen molar-refractivity contribution < 1.29 is 18.4 Å². The molecule has 0 aliphatic rings. The van der Waals surface area contributed by atoms with Gasteiger partial charge in [0.1, 0.15) is 5.82 Å². The molecule has 1 N–H and O–H groups in total. The molecular weight excluding hydrogens is 444 g/mol. The van der Waals surface area contributed by atoms with Crippen molar-refractivity contribution in [1.29, 1.82) is 0 Å². The van der Waals surface area contributed by atoms with Crippen LogP contribution < -0.4 is 5.32 Å². The summed E-state index contributed by atoms with van der Waals surface area (Å²) in [7, 11) is 0. The van der Waals surface area contributed by atoms with E-state index in [0.29, 0.717) is 39.5 Å². The highest BCUT2D eigenvalue weighted by Crippen LogP contribution is 2.29. The molecule has 162 valence electrons. The number of likely N-dealkylation sites (N-methyl/N-ethyl adjacent to an activating group) is 1. The van der Waals surface area contributed by atoms with Gasteiger partial charge < -0.3 is 14.6 Å². The van der Waals surface area contributed by atoms with E-state index in [0.717, 1.165) is 0 Å². The minimum absolute atomic E-state index is 0.122. The molecule has 0 atom stereocenters. The van der Waals surface area contributed by atoms with Gasteiger partial charge in [-0.2, -0.15) is 0 Å². The normalized spacial score (nSPS) is 10.7. The van der Waals surface area contributed by atoms with E-state index in [4.69, 9.17) is 27.6 Å². The van der Waals surface area contributed by atoms with E-state index in [1.165, 1.54) is 23.2 Å². The van der Waals surface area contributed by atoms with Crippen LogP contribution in [0.5, 0.6) is 0 Å². The molecule has 0 saturated heterocycles. The first kappa shape index (κ1) is 22.8. The average Bonchev–Trinajstić information content (AvgIpc) is 3.22.